The Hall–Kier alpha value is -1.70. The lowest BCUT2D eigenvalue weighted by Gasteiger charge is -2.14. The van der Waals surface area contributed by atoms with E-state index in [1.165, 1.54) is 0 Å². The summed E-state index contributed by atoms with van der Waals surface area (Å²) in [6, 6.07) is 0. The van der Waals surface area contributed by atoms with E-state index in [0.717, 1.165) is 13.3 Å². The molecule has 0 aliphatic heterocycles. The number of rotatable bonds is 4. The Kier molecular flexibility index (Phi) is 4.23. The molecule has 0 saturated heterocycles. The van der Waals surface area contributed by atoms with Crippen molar-refractivity contribution in [3.63, 3.8) is 0 Å². The summed E-state index contributed by atoms with van der Waals surface area (Å²) in [4.78, 5) is 14.1. The summed E-state index contributed by atoms with van der Waals surface area (Å²) in [7, 11) is 1.06. The van der Waals surface area contributed by atoms with Crippen LogP contribution in [0.3, 0.4) is 0 Å². The van der Waals surface area contributed by atoms with Crippen molar-refractivity contribution in [2.75, 3.05) is 7.11 Å². The van der Waals surface area contributed by atoms with E-state index in [9.17, 15) is 18.0 Å². The third kappa shape index (κ3) is 3.16. The van der Waals surface area contributed by atoms with Crippen LogP contribution in [0.4, 0.5) is 13.2 Å². The van der Waals surface area contributed by atoms with Crippen LogP contribution in [-0.4, -0.2) is 29.5 Å². The number of carboxylic acids is 1. The van der Waals surface area contributed by atoms with E-state index in [2.05, 4.69) is 14.5 Å². The standard InChI is InChI=1S/C9H7ClF3NO4/c1-17-6-4(2-10)5(8(15)16)3-14-7(6)18-9(11,12)13/h3H,2H2,1H3,(H,15,16). The van der Waals surface area contributed by atoms with Crippen molar-refractivity contribution in [2.24, 2.45) is 0 Å². The highest BCUT2D eigenvalue weighted by Gasteiger charge is 2.34. The molecule has 0 unspecified atom stereocenters. The van der Waals surface area contributed by atoms with E-state index in [1.54, 1.807) is 0 Å². The smallest absolute Gasteiger partial charge is 0.491 e. The molecule has 1 heterocycles. The van der Waals surface area contributed by atoms with Crippen molar-refractivity contribution in [2.45, 2.75) is 12.2 Å². The molecule has 18 heavy (non-hydrogen) atoms. The third-order valence-electron chi connectivity index (χ3n) is 1.88. The second-order valence-electron chi connectivity index (χ2n) is 2.98. The predicted octanol–water partition coefficient (Wildman–Crippen LogP) is 2.43. The summed E-state index contributed by atoms with van der Waals surface area (Å²) in [5.41, 5.74) is -0.489. The summed E-state index contributed by atoms with van der Waals surface area (Å²) in [6.45, 7) is 0. The molecule has 1 N–H and O–H groups in total. The molecular formula is C9H7ClF3NO4. The van der Waals surface area contributed by atoms with Gasteiger partial charge in [0.2, 0.25) is 0 Å². The van der Waals surface area contributed by atoms with Crippen LogP contribution in [0, 0.1) is 0 Å². The Morgan fingerprint density at radius 3 is 2.56 bits per heavy atom. The number of halogens is 4. The quantitative estimate of drug-likeness (QED) is 0.861. The zero-order valence-electron chi connectivity index (χ0n) is 8.92. The van der Waals surface area contributed by atoms with Crippen LogP contribution >= 0.6 is 11.6 Å². The first-order valence-corrected chi connectivity index (χ1v) is 4.94. The number of aromatic carboxylic acids is 1. The van der Waals surface area contributed by atoms with Gasteiger partial charge in [0.1, 0.15) is 0 Å². The lowest BCUT2D eigenvalue weighted by molar-refractivity contribution is -0.276. The van der Waals surface area contributed by atoms with Crippen molar-refractivity contribution in [1.82, 2.24) is 4.98 Å². The van der Waals surface area contributed by atoms with Gasteiger partial charge in [0.15, 0.2) is 5.75 Å². The molecule has 0 aromatic carbocycles. The summed E-state index contributed by atoms with van der Waals surface area (Å²) in [5, 5.41) is 8.82. The molecule has 0 saturated carbocycles. The summed E-state index contributed by atoms with van der Waals surface area (Å²) >= 11 is 5.50. The molecule has 1 aromatic rings. The van der Waals surface area contributed by atoms with Crippen molar-refractivity contribution < 1.29 is 32.5 Å². The highest BCUT2D eigenvalue weighted by Crippen LogP contribution is 2.35. The summed E-state index contributed by atoms with van der Waals surface area (Å²) < 4.78 is 44.5. The lowest BCUT2D eigenvalue weighted by atomic mass is 10.1. The third-order valence-corrected chi connectivity index (χ3v) is 2.15. The number of aromatic nitrogens is 1. The van der Waals surface area contributed by atoms with Crippen LogP contribution in [0.1, 0.15) is 15.9 Å². The zero-order valence-corrected chi connectivity index (χ0v) is 9.67. The van der Waals surface area contributed by atoms with Crippen molar-refractivity contribution in [3.05, 3.63) is 17.3 Å². The Bertz CT molecular complexity index is 464. The van der Waals surface area contributed by atoms with E-state index in [1.807, 2.05) is 0 Å². The molecule has 0 amide bonds. The van der Waals surface area contributed by atoms with Crippen LogP contribution in [-0.2, 0) is 5.88 Å². The fraction of sp³-hybridized carbons (Fsp3) is 0.333. The molecule has 1 rings (SSSR count). The Morgan fingerprint density at radius 2 is 2.17 bits per heavy atom. The molecule has 0 bridgehead atoms. The first kappa shape index (κ1) is 14.4. The molecule has 0 fully saturated rings. The molecule has 9 heteroatoms. The second kappa shape index (κ2) is 5.30. The van der Waals surface area contributed by atoms with Crippen LogP contribution in [0.2, 0.25) is 0 Å². The van der Waals surface area contributed by atoms with Crippen LogP contribution in [0.5, 0.6) is 11.6 Å². The Morgan fingerprint density at radius 1 is 1.56 bits per heavy atom. The van der Waals surface area contributed by atoms with Crippen LogP contribution in [0.15, 0.2) is 6.20 Å². The summed E-state index contributed by atoms with van der Waals surface area (Å²) in [6.07, 6.45) is -4.24. The van der Waals surface area contributed by atoms with Gasteiger partial charge in [-0.15, -0.1) is 24.8 Å². The van der Waals surface area contributed by atoms with Gasteiger partial charge in [-0.1, -0.05) is 0 Å². The topological polar surface area (TPSA) is 68.7 Å². The van der Waals surface area contributed by atoms with Gasteiger partial charge in [0.05, 0.1) is 18.6 Å². The van der Waals surface area contributed by atoms with E-state index < -0.39 is 24.0 Å². The van der Waals surface area contributed by atoms with E-state index in [4.69, 9.17) is 16.7 Å². The van der Waals surface area contributed by atoms with E-state index in [-0.39, 0.29) is 17.0 Å². The van der Waals surface area contributed by atoms with Gasteiger partial charge < -0.3 is 14.6 Å². The minimum atomic E-state index is -4.96. The average Bonchev–Trinajstić information content (AvgIpc) is 2.25. The molecule has 5 nitrogen and oxygen atoms in total. The number of alkyl halides is 4. The van der Waals surface area contributed by atoms with Gasteiger partial charge in [0, 0.05) is 11.8 Å². The second-order valence-corrected chi connectivity index (χ2v) is 3.24. The van der Waals surface area contributed by atoms with E-state index >= 15 is 0 Å². The van der Waals surface area contributed by atoms with E-state index in [0.29, 0.717) is 0 Å². The monoisotopic (exact) mass is 285 g/mol. The first-order chi connectivity index (χ1) is 8.30. The Balaban J connectivity index is 3.34. The normalized spacial score (nSPS) is 11.2. The number of methoxy groups -OCH3 is 1. The number of ether oxygens (including phenoxy) is 2. The Labute approximate surface area is 104 Å². The number of pyridine rings is 1. The zero-order chi connectivity index (χ0) is 13.9. The molecule has 0 atom stereocenters. The maximum atomic E-state index is 12.1. The van der Waals surface area contributed by atoms with Gasteiger partial charge in [-0.2, -0.15) is 0 Å². The highest BCUT2D eigenvalue weighted by atomic mass is 35.5. The number of nitrogens with zero attached hydrogens (tertiary/aromatic N) is 1. The molecule has 0 radical (unpaired) electrons. The predicted molar refractivity (Wildman–Crippen MR) is 54.0 cm³/mol. The van der Waals surface area contributed by atoms with Gasteiger partial charge in [-0.25, -0.2) is 9.78 Å². The summed E-state index contributed by atoms with van der Waals surface area (Å²) in [5.74, 6) is -3.08. The SMILES string of the molecule is COc1c(OC(F)(F)F)ncc(C(=O)O)c1CCl. The van der Waals surface area contributed by atoms with Crippen LogP contribution < -0.4 is 9.47 Å². The minimum Gasteiger partial charge on any atom is -0.491 e. The fourth-order valence-electron chi connectivity index (χ4n) is 1.22. The van der Waals surface area contributed by atoms with Gasteiger partial charge in [0.25, 0.3) is 5.88 Å². The minimum absolute atomic E-state index is 0.138. The molecule has 1 aromatic heterocycles. The van der Waals surface area contributed by atoms with Crippen molar-refractivity contribution in [1.29, 1.82) is 0 Å². The van der Waals surface area contributed by atoms with Gasteiger partial charge >= 0.3 is 12.3 Å². The molecular weight excluding hydrogens is 279 g/mol. The number of hydrogen-bond donors (Lipinski definition) is 1. The lowest BCUT2D eigenvalue weighted by Crippen LogP contribution is -2.19. The first-order valence-electron chi connectivity index (χ1n) is 4.41. The number of carboxylic acid groups (broad SMARTS) is 1. The largest absolute Gasteiger partial charge is 0.574 e. The van der Waals surface area contributed by atoms with Crippen molar-refractivity contribution >= 4 is 17.6 Å². The fourth-order valence-corrected chi connectivity index (χ4v) is 1.49. The van der Waals surface area contributed by atoms with Gasteiger partial charge in [-0.3, -0.25) is 0 Å². The number of carbonyl (C=O) groups is 1. The van der Waals surface area contributed by atoms with Gasteiger partial charge in [-0.05, 0) is 0 Å². The molecule has 100 valence electrons. The molecule has 0 aliphatic carbocycles. The highest BCUT2D eigenvalue weighted by molar-refractivity contribution is 6.18. The number of hydrogen-bond acceptors (Lipinski definition) is 4. The average molecular weight is 286 g/mol. The molecule has 0 spiro atoms. The van der Waals surface area contributed by atoms with Crippen molar-refractivity contribution in [3.8, 4) is 11.6 Å². The maximum absolute atomic E-state index is 12.1. The maximum Gasteiger partial charge on any atom is 0.574 e. The van der Waals surface area contributed by atoms with Crippen LogP contribution in [0.25, 0.3) is 0 Å². The molecule has 0 aliphatic rings.